The highest BCUT2D eigenvalue weighted by Crippen LogP contribution is 2.37. The number of ketones is 1. The highest BCUT2D eigenvalue weighted by atomic mass is 16.5. The van der Waals surface area contributed by atoms with Crippen LogP contribution < -0.4 is 19.6 Å². The Morgan fingerprint density at radius 2 is 1.64 bits per heavy atom. The molecule has 0 N–H and O–H groups in total. The molecule has 168 valence electrons. The lowest BCUT2D eigenvalue weighted by Gasteiger charge is -2.14. The molecule has 33 heavy (non-hydrogen) atoms. The first kappa shape index (κ1) is 22.1. The number of ether oxygens (including phenoxy) is 3. The maximum absolute atomic E-state index is 13.5. The zero-order valence-corrected chi connectivity index (χ0v) is 18.9. The molecule has 0 saturated heterocycles. The number of methoxy groups -OCH3 is 2. The number of aryl methyl sites for hydroxylation is 2. The molecular weight excluding hydrogens is 420 g/mol. The van der Waals surface area contributed by atoms with Gasteiger partial charge in [0.15, 0.2) is 29.6 Å². The van der Waals surface area contributed by atoms with Crippen LogP contribution in [0.3, 0.4) is 0 Å². The molecule has 0 aliphatic carbocycles. The number of benzene rings is 3. The quantitative estimate of drug-likeness (QED) is 0.358. The summed E-state index contributed by atoms with van der Waals surface area (Å²) in [7, 11) is 3.07. The van der Waals surface area contributed by atoms with Gasteiger partial charge in [0.05, 0.1) is 19.6 Å². The highest BCUT2D eigenvalue weighted by Gasteiger charge is 2.21. The highest BCUT2D eigenvalue weighted by molar-refractivity contribution is 5.97. The molecule has 1 aromatic heterocycles. The molecule has 4 rings (SSSR count). The molecule has 6 nitrogen and oxygen atoms in total. The fraction of sp³-hybridized carbons (Fsp3) is 0.185. The molecule has 0 aliphatic rings. The molecule has 0 unspecified atom stereocenters. The van der Waals surface area contributed by atoms with Gasteiger partial charge in [-0.1, -0.05) is 36.4 Å². The third-order valence-corrected chi connectivity index (χ3v) is 5.37. The molecular formula is C27H24O6. The second kappa shape index (κ2) is 9.20. The molecule has 0 saturated carbocycles. The van der Waals surface area contributed by atoms with Crippen LogP contribution in [0.4, 0.5) is 0 Å². The van der Waals surface area contributed by atoms with Crippen LogP contribution in [0, 0.1) is 13.8 Å². The van der Waals surface area contributed by atoms with E-state index in [0.717, 1.165) is 11.1 Å². The van der Waals surface area contributed by atoms with Crippen LogP contribution in [0.25, 0.3) is 22.3 Å². The monoisotopic (exact) mass is 444 g/mol. The van der Waals surface area contributed by atoms with Gasteiger partial charge in [-0.05, 0) is 49.2 Å². The van der Waals surface area contributed by atoms with Crippen molar-refractivity contribution in [2.24, 2.45) is 0 Å². The largest absolute Gasteiger partial charge is 0.493 e. The van der Waals surface area contributed by atoms with E-state index in [4.69, 9.17) is 18.6 Å². The minimum Gasteiger partial charge on any atom is -0.493 e. The predicted molar refractivity (Wildman–Crippen MR) is 127 cm³/mol. The van der Waals surface area contributed by atoms with E-state index in [0.29, 0.717) is 33.6 Å². The fourth-order valence-corrected chi connectivity index (χ4v) is 3.78. The van der Waals surface area contributed by atoms with E-state index in [1.54, 1.807) is 55.6 Å². The Bertz CT molecular complexity index is 1390. The Hall–Kier alpha value is -4.06. The van der Waals surface area contributed by atoms with Crippen LogP contribution in [-0.2, 0) is 0 Å². The fourth-order valence-electron chi connectivity index (χ4n) is 3.78. The summed E-state index contributed by atoms with van der Waals surface area (Å²) in [5, 5.41) is 0.402. The lowest BCUT2D eigenvalue weighted by atomic mass is 10.0. The maximum atomic E-state index is 13.5. The Balaban J connectivity index is 1.87. The van der Waals surface area contributed by atoms with Gasteiger partial charge < -0.3 is 18.6 Å². The van der Waals surface area contributed by atoms with E-state index in [1.165, 1.54) is 7.11 Å². The molecule has 0 aliphatic heterocycles. The first-order valence-electron chi connectivity index (χ1n) is 10.4. The van der Waals surface area contributed by atoms with Gasteiger partial charge >= 0.3 is 0 Å². The van der Waals surface area contributed by atoms with E-state index >= 15 is 0 Å². The normalized spacial score (nSPS) is 10.8. The number of hydrogen-bond donors (Lipinski definition) is 0. The van der Waals surface area contributed by atoms with Crippen molar-refractivity contribution in [3.05, 3.63) is 87.6 Å². The molecule has 6 heteroatoms. The number of carbonyl (C=O) groups is 1. The molecule has 0 amide bonds. The standard InChI is InChI=1S/C27H24O6/c1-16-12-17(2)25-20(13-16)24(29)27(32-15-21(28)18-8-6-5-7-9-18)26(33-25)19-10-11-22(30-3)23(14-19)31-4/h5-14H,15H2,1-4H3. The Kier molecular flexibility index (Phi) is 6.18. The number of fused-ring (bicyclic) bond motifs is 1. The van der Waals surface area contributed by atoms with Gasteiger partial charge in [-0.25, -0.2) is 0 Å². The Labute approximate surface area is 191 Å². The lowest BCUT2D eigenvalue weighted by Crippen LogP contribution is -2.17. The summed E-state index contributed by atoms with van der Waals surface area (Å²) in [6, 6.07) is 17.7. The molecule has 1 heterocycles. The van der Waals surface area contributed by atoms with Gasteiger partial charge in [0, 0.05) is 11.1 Å². The summed E-state index contributed by atoms with van der Waals surface area (Å²) < 4.78 is 22.8. The SMILES string of the molecule is COc1ccc(-c2oc3c(C)cc(C)cc3c(=O)c2OCC(=O)c2ccccc2)cc1OC. The van der Waals surface area contributed by atoms with Crippen molar-refractivity contribution in [2.75, 3.05) is 20.8 Å². The van der Waals surface area contributed by atoms with Crippen molar-refractivity contribution >= 4 is 16.8 Å². The number of Topliss-reactive ketones (excluding diaryl/α,β-unsaturated/α-hetero) is 1. The van der Waals surface area contributed by atoms with Gasteiger partial charge in [0.25, 0.3) is 0 Å². The van der Waals surface area contributed by atoms with Gasteiger partial charge in [-0.3, -0.25) is 9.59 Å². The number of rotatable bonds is 7. The number of carbonyl (C=O) groups excluding carboxylic acids is 1. The molecule has 0 radical (unpaired) electrons. The van der Waals surface area contributed by atoms with Crippen molar-refractivity contribution in [1.82, 2.24) is 0 Å². The van der Waals surface area contributed by atoms with Crippen LogP contribution in [0.5, 0.6) is 17.2 Å². The average Bonchev–Trinajstić information content (AvgIpc) is 2.83. The summed E-state index contributed by atoms with van der Waals surface area (Å²) in [6.07, 6.45) is 0. The Morgan fingerprint density at radius 1 is 0.909 bits per heavy atom. The molecule has 3 aromatic carbocycles. The van der Waals surface area contributed by atoms with Gasteiger partial charge in [0.1, 0.15) is 5.58 Å². The van der Waals surface area contributed by atoms with E-state index < -0.39 is 0 Å². The van der Waals surface area contributed by atoms with Gasteiger partial charge in [-0.15, -0.1) is 0 Å². The van der Waals surface area contributed by atoms with Crippen molar-refractivity contribution < 1.29 is 23.4 Å². The van der Waals surface area contributed by atoms with Crippen LogP contribution >= 0.6 is 0 Å². The molecule has 0 bridgehead atoms. The van der Waals surface area contributed by atoms with Crippen molar-refractivity contribution in [3.63, 3.8) is 0 Å². The molecule has 4 aromatic rings. The summed E-state index contributed by atoms with van der Waals surface area (Å²) >= 11 is 0. The minimum atomic E-state index is -0.339. The van der Waals surface area contributed by atoms with E-state index in [-0.39, 0.29) is 29.3 Å². The van der Waals surface area contributed by atoms with Crippen LogP contribution in [0.2, 0.25) is 0 Å². The summed E-state index contributed by atoms with van der Waals surface area (Å²) in [5.74, 6) is 0.974. The van der Waals surface area contributed by atoms with Crippen molar-refractivity contribution in [3.8, 4) is 28.6 Å². The van der Waals surface area contributed by atoms with Crippen LogP contribution in [0.15, 0.2) is 69.9 Å². The molecule has 0 fully saturated rings. The zero-order valence-electron chi connectivity index (χ0n) is 18.9. The first-order chi connectivity index (χ1) is 15.9. The third kappa shape index (κ3) is 4.32. The lowest BCUT2D eigenvalue weighted by molar-refractivity contribution is 0.0920. The van der Waals surface area contributed by atoms with Gasteiger partial charge in [0.2, 0.25) is 11.2 Å². The average molecular weight is 444 g/mol. The predicted octanol–water partition coefficient (Wildman–Crippen LogP) is 5.36. The van der Waals surface area contributed by atoms with E-state index in [2.05, 4.69) is 0 Å². The minimum absolute atomic E-state index is 0.0241. The third-order valence-electron chi connectivity index (χ3n) is 5.37. The van der Waals surface area contributed by atoms with Crippen molar-refractivity contribution in [1.29, 1.82) is 0 Å². The molecule has 0 spiro atoms. The van der Waals surface area contributed by atoms with Crippen LogP contribution in [-0.4, -0.2) is 26.6 Å². The van der Waals surface area contributed by atoms with Crippen LogP contribution in [0.1, 0.15) is 21.5 Å². The molecule has 0 atom stereocenters. The zero-order chi connectivity index (χ0) is 23.5. The number of hydrogen-bond acceptors (Lipinski definition) is 6. The van der Waals surface area contributed by atoms with Crippen molar-refractivity contribution in [2.45, 2.75) is 13.8 Å². The second-order valence-corrected chi connectivity index (χ2v) is 7.70. The summed E-state index contributed by atoms with van der Waals surface area (Å²) in [4.78, 5) is 26.1. The maximum Gasteiger partial charge on any atom is 0.235 e. The smallest absolute Gasteiger partial charge is 0.235 e. The van der Waals surface area contributed by atoms with E-state index in [1.807, 2.05) is 26.0 Å². The summed E-state index contributed by atoms with van der Waals surface area (Å²) in [6.45, 7) is 3.50. The van der Waals surface area contributed by atoms with Gasteiger partial charge in [-0.2, -0.15) is 0 Å². The Morgan fingerprint density at radius 3 is 2.33 bits per heavy atom. The van der Waals surface area contributed by atoms with E-state index in [9.17, 15) is 9.59 Å². The topological polar surface area (TPSA) is 75.0 Å². The second-order valence-electron chi connectivity index (χ2n) is 7.70. The first-order valence-corrected chi connectivity index (χ1v) is 10.4. The summed E-state index contributed by atoms with van der Waals surface area (Å²) in [5.41, 5.74) is 2.95.